The van der Waals surface area contributed by atoms with Gasteiger partial charge in [0.1, 0.15) is 5.82 Å². The van der Waals surface area contributed by atoms with Crippen LogP contribution in [0.3, 0.4) is 0 Å². The summed E-state index contributed by atoms with van der Waals surface area (Å²) < 4.78 is 13.5. The van der Waals surface area contributed by atoms with Gasteiger partial charge in [0.25, 0.3) is 0 Å². The molecule has 0 aliphatic rings. The van der Waals surface area contributed by atoms with Crippen LogP contribution in [0.4, 0.5) is 4.39 Å². The second-order valence-electron chi connectivity index (χ2n) is 5.52. The molecule has 0 aromatic heterocycles. The highest BCUT2D eigenvalue weighted by molar-refractivity contribution is 5.16. The van der Waals surface area contributed by atoms with E-state index in [-0.39, 0.29) is 5.82 Å². The lowest BCUT2D eigenvalue weighted by Gasteiger charge is -2.24. The second-order valence-corrected chi connectivity index (χ2v) is 5.52. The van der Waals surface area contributed by atoms with Crippen molar-refractivity contribution in [3.63, 3.8) is 0 Å². The Morgan fingerprint density at radius 1 is 1.28 bits per heavy atom. The monoisotopic (exact) mass is 252 g/mol. The van der Waals surface area contributed by atoms with Crippen LogP contribution in [0.15, 0.2) is 24.3 Å². The van der Waals surface area contributed by atoms with Gasteiger partial charge in [-0.15, -0.1) is 0 Å². The van der Waals surface area contributed by atoms with Gasteiger partial charge in [0.2, 0.25) is 0 Å². The molecular weight excluding hydrogens is 227 g/mol. The summed E-state index contributed by atoms with van der Waals surface area (Å²) in [6.07, 6.45) is 1.12. The molecule has 0 aliphatic carbocycles. The van der Waals surface area contributed by atoms with Crippen molar-refractivity contribution in [3.05, 3.63) is 35.6 Å². The van der Waals surface area contributed by atoms with E-state index in [0.717, 1.165) is 18.5 Å². The van der Waals surface area contributed by atoms with Crippen molar-refractivity contribution in [2.75, 3.05) is 20.1 Å². The highest BCUT2D eigenvalue weighted by Crippen LogP contribution is 2.14. The maximum Gasteiger partial charge on any atom is 0.127 e. The molecule has 2 nitrogen and oxygen atoms in total. The highest BCUT2D eigenvalue weighted by Gasteiger charge is 2.13. The summed E-state index contributed by atoms with van der Waals surface area (Å²) in [4.78, 5) is 2.15. The number of hydrogen-bond acceptors (Lipinski definition) is 2. The third-order valence-corrected chi connectivity index (χ3v) is 3.11. The van der Waals surface area contributed by atoms with Gasteiger partial charge in [0.05, 0.1) is 0 Å². The third kappa shape index (κ3) is 5.15. The Labute approximate surface area is 110 Å². The molecule has 102 valence electrons. The molecule has 0 spiro atoms. The van der Waals surface area contributed by atoms with Crippen molar-refractivity contribution < 1.29 is 4.39 Å². The van der Waals surface area contributed by atoms with Gasteiger partial charge in [0.15, 0.2) is 0 Å². The van der Waals surface area contributed by atoms with Gasteiger partial charge in [-0.3, -0.25) is 0 Å². The van der Waals surface area contributed by atoms with E-state index in [4.69, 9.17) is 5.73 Å². The zero-order chi connectivity index (χ0) is 13.5. The number of rotatable bonds is 7. The van der Waals surface area contributed by atoms with Crippen LogP contribution in [-0.2, 0) is 6.54 Å². The van der Waals surface area contributed by atoms with Crippen LogP contribution in [0.2, 0.25) is 0 Å². The van der Waals surface area contributed by atoms with E-state index >= 15 is 0 Å². The molecule has 2 N–H and O–H groups in total. The minimum Gasteiger partial charge on any atom is -0.330 e. The van der Waals surface area contributed by atoms with Crippen molar-refractivity contribution in [2.45, 2.75) is 26.8 Å². The number of nitrogens with zero attached hydrogens (tertiary/aromatic N) is 1. The summed E-state index contributed by atoms with van der Waals surface area (Å²) >= 11 is 0. The lowest BCUT2D eigenvalue weighted by molar-refractivity contribution is 0.247. The summed E-state index contributed by atoms with van der Waals surface area (Å²) in [5.41, 5.74) is 6.54. The topological polar surface area (TPSA) is 29.3 Å². The summed E-state index contributed by atoms with van der Waals surface area (Å²) in [6, 6.07) is 6.95. The molecule has 0 bridgehead atoms. The van der Waals surface area contributed by atoms with E-state index in [2.05, 4.69) is 18.7 Å². The number of hydrogen-bond donors (Lipinski definition) is 1. The number of benzene rings is 1. The Morgan fingerprint density at radius 3 is 2.50 bits per heavy atom. The van der Waals surface area contributed by atoms with Gasteiger partial charge in [-0.1, -0.05) is 32.0 Å². The minimum absolute atomic E-state index is 0.127. The number of halogens is 1. The molecule has 0 aliphatic heterocycles. The van der Waals surface area contributed by atoms with Crippen molar-refractivity contribution in [3.8, 4) is 0 Å². The van der Waals surface area contributed by atoms with Gasteiger partial charge < -0.3 is 10.6 Å². The molecule has 1 unspecified atom stereocenters. The van der Waals surface area contributed by atoms with Crippen LogP contribution in [0, 0.1) is 17.7 Å². The van der Waals surface area contributed by atoms with Crippen molar-refractivity contribution in [1.82, 2.24) is 4.90 Å². The van der Waals surface area contributed by atoms with Crippen LogP contribution in [-0.4, -0.2) is 25.0 Å². The Hall–Kier alpha value is -0.930. The van der Waals surface area contributed by atoms with E-state index in [0.29, 0.717) is 24.9 Å². The molecule has 0 radical (unpaired) electrons. The number of nitrogens with two attached hydrogens (primary N) is 1. The van der Waals surface area contributed by atoms with Crippen LogP contribution >= 0.6 is 0 Å². The standard InChI is InChI=1S/C15H25FN2/c1-12(2)8-13(9-17)10-18(3)11-14-6-4-5-7-15(14)16/h4-7,12-13H,8-11,17H2,1-3H3. The predicted octanol–water partition coefficient (Wildman–Crippen LogP) is 2.88. The average Bonchev–Trinajstić information content (AvgIpc) is 2.30. The van der Waals surface area contributed by atoms with Gasteiger partial charge in [0, 0.05) is 18.7 Å². The van der Waals surface area contributed by atoms with Crippen LogP contribution in [0.25, 0.3) is 0 Å². The Balaban J connectivity index is 2.50. The predicted molar refractivity (Wildman–Crippen MR) is 74.7 cm³/mol. The molecule has 1 aromatic carbocycles. The molecule has 18 heavy (non-hydrogen) atoms. The molecule has 0 fully saturated rings. The van der Waals surface area contributed by atoms with Gasteiger partial charge in [-0.25, -0.2) is 4.39 Å². The van der Waals surface area contributed by atoms with Crippen molar-refractivity contribution in [2.24, 2.45) is 17.6 Å². The summed E-state index contributed by atoms with van der Waals surface area (Å²) in [7, 11) is 2.02. The molecule has 3 heteroatoms. The highest BCUT2D eigenvalue weighted by atomic mass is 19.1. The first kappa shape index (κ1) is 15.1. The van der Waals surface area contributed by atoms with E-state index < -0.39 is 0 Å². The summed E-state index contributed by atoms with van der Waals surface area (Å²) in [6.45, 7) is 6.67. The Kier molecular flexibility index (Phi) is 6.30. The maximum absolute atomic E-state index is 13.5. The molecule has 0 saturated carbocycles. The first-order valence-electron chi connectivity index (χ1n) is 6.65. The molecular formula is C15H25FN2. The minimum atomic E-state index is -0.127. The molecule has 1 aromatic rings. The van der Waals surface area contributed by atoms with Crippen LogP contribution < -0.4 is 5.73 Å². The van der Waals surface area contributed by atoms with E-state index in [1.807, 2.05) is 19.2 Å². The molecule has 0 saturated heterocycles. The quantitative estimate of drug-likeness (QED) is 0.808. The first-order valence-corrected chi connectivity index (χ1v) is 6.65. The van der Waals surface area contributed by atoms with Crippen LogP contribution in [0.1, 0.15) is 25.8 Å². The summed E-state index contributed by atoms with van der Waals surface area (Å²) in [5, 5.41) is 0. The first-order chi connectivity index (χ1) is 8.52. The van der Waals surface area contributed by atoms with Gasteiger partial charge >= 0.3 is 0 Å². The smallest absolute Gasteiger partial charge is 0.127 e. The fourth-order valence-corrected chi connectivity index (χ4v) is 2.33. The normalized spacial score (nSPS) is 13.3. The third-order valence-electron chi connectivity index (χ3n) is 3.11. The maximum atomic E-state index is 13.5. The zero-order valence-electron chi connectivity index (χ0n) is 11.7. The zero-order valence-corrected chi connectivity index (χ0v) is 11.7. The molecule has 1 atom stereocenters. The fourth-order valence-electron chi connectivity index (χ4n) is 2.33. The lowest BCUT2D eigenvalue weighted by atomic mass is 9.96. The van der Waals surface area contributed by atoms with Crippen LogP contribution in [0.5, 0.6) is 0 Å². The molecule has 1 rings (SSSR count). The van der Waals surface area contributed by atoms with E-state index in [9.17, 15) is 4.39 Å². The summed E-state index contributed by atoms with van der Waals surface area (Å²) in [5.74, 6) is 1.01. The largest absolute Gasteiger partial charge is 0.330 e. The second kappa shape index (κ2) is 7.49. The van der Waals surface area contributed by atoms with Crippen molar-refractivity contribution >= 4 is 0 Å². The fraction of sp³-hybridized carbons (Fsp3) is 0.600. The van der Waals surface area contributed by atoms with Crippen molar-refractivity contribution in [1.29, 1.82) is 0 Å². The Bertz CT molecular complexity index is 352. The van der Waals surface area contributed by atoms with E-state index in [1.54, 1.807) is 6.07 Å². The SMILES string of the molecule is CC(C)CC(CN)CN(C)Cc1ccccc1F. The lowest BCUT2D eigenvalue weighted by Crippen LogP contribution is -2.31. The van der Waals surface area contributed by atoms with E-state index in [1.165, 1.54) is 6.07 Å². The average molecular weight is 252 g/mol. The Morgan fingerprint density at radius 2 is 1.94 bits per heavy atom. The molecule has 0 heterocycles. The van der Waals surface area contributed by atoms with Gasteiger partial charge in [-0.2, -0.15) is 0 Å². The molecule has 0 amide bonds. The van der Waals surface area contributed by atoms with Gasteiger partial charge in [-0.05, 0) is 37.9 Å².